The van der Waals surface area contributed by atoms with Gasteiger partial charge in [-0.1, -0.05) is 19.9 Å². The lowest BCUT2D eigenvalue weighted by molar-refractivity contribution is -0.119. The molecule has 0 spiro atoms. The minimum absolute atomic E-state index is 0.0470. The highest BCUT2D eigenvalue weighted by Crippen LogP contribution is 2.32. The quantitative estimate of drug-likeness (QED) is 0.751. The second kappa shape index (κ2) is 6.72. The fraction of sp³-hybridized carbons (Fsp3) is 0.500. The average molecular weight is 289 g/mol. The van der Waals surface area contributed by atoms with Crippen molar-refractivity contribution in [1.82, 2.24) is 0 Å². The van der Waals surface area contributed by atoms with Crippen molar-refractivity contribution in [3.8, 4) is 0 Å². The van der Waals surface area contributed by atoms with Crippen molar-refractivity contribution in [1.29, 1.82) is 0 Å². The molecule has 4 N–H and O–H groups in total. The van der Waals surface area contributed by atoms with Crippen LogP contribution in [-0.2, 0) is 9.59 Å². The lowest BCUT2D eigenvalue weighted by Crippen LogP contribution is -2.28. The zero-order valence-corrected chi connectivity index (χ0v) is 12.6. The van der Waals surface area contributed by atoms with Crippen LogP contribution in [0.25, 0.3) is 0 Å². The van der Waals surface area contributed by atoms with Crippen molar-refractivity contribution >= 4 is 23.2 Å². The molecule has 2 amide bonds. The van der Waals surface area contributed by atoms with Crippen LogP contribution in [0.2, 0.25) is 0 Å². The molecule has 1 atom stereocenters. The molecule has 1 aliphatic rings. The van der Waals surface area contributed by atoms with E-state index in [0.717, 1.165) is 12.8 Å². The molecule has 5 heteroatoms. The lowest BCUT2D eigenvalue weighted by Gasteiger charge is -2.12. The molecule has 114 valence electrons. The van der Waals surface area contributed by atoms with Gasteiger partial charge >= 0.3 is 0 Å². The SMILES string of the molecule is CC(C)C(=O)Nc1cccc(NC(=O)CC(N)C2CC2)c1. The van der Waals surface area contributed by atoms with E-state index in [1.54, 1.807) is 24.3 Å². The monoisotopic (exact) mass is 289 g/mol. The van der Waals surface area contributed by atoms with Gasteiger partial charge in [-0.2, -0.15) is 0 Å². The summed E-state index contributed by atoms with van der Waals surface area (Å²) in [5, 5.41) is 5.64. The number of rotatable bonds is 6. The van der Waals surface area contributed by atoms with Crippen LogP contribution in [0.1, 0.15) is 33.1 Å². The number of benzene rings is 1. The first-order valence-corrected chi connectivity index (χ1v) is 7.42. The van der Waals surface area contributed by atoms with E-state index in [0.29, 0.717) is 23.7 Å². The van der Waals surface area contributed by atoms with E-state index in [9.17, 15) is 9.59 Å². The third-order valence-electron chi connectivity index (χ3n) is 3.59. The molecule has 1 fully saturated rings. The predicted molar refractivity (Wildman–Crippen MR) is 83.9 cm³/mol. The van der Waals surface area contributed by atoms with Crippen molar-refractivity contribution in [3.05, 3.63) is 24.3 Å². The largest absolute Gasteiger partial charge is 0.327 e. The zero-order valence-electron chi connectivity index (χ0n) is 12.6. The highest BCUT2D eigenvalue weighted by Gasteiger charge is 2.29. The molecule has 1 aromatic carbocycles. The third-order valence-corrected chi connectivity index (χ3v) is 3.59. The predicted octanol–water partition coefficient (Wildman–Crippen LogP) is 2.35. The molecule has 1 aromatic rings. The van der Waals surface area contributed by atoms with Gasteiger partial charge in [-0.3, -0.25) is 9.59 Å². The Bertz CT molecular complexity index is 524. The molecule has 1 aliphatic carbocycles. The van der Waals surface area contributed by atoms with Crippen molar-refractivity contribution in [2.24, 2.45) is 17.6 Å². The van der Waals surface area contributed by atoms with Gasteiger partial charge < -0.3 is 16.4 Å². The van der Waals surface area contributed by atoms with E-state index in [2.05, 4.69) is 10.6 Å². The molecule has 2 rings (SSSR count). The average Bonchev–Trinajstić information content (AvgIpc) is 3.22. The highest BCUT2D eigenvalue weighted by atomic mass is 16.2. The number of carbonyl (C=O) groups excluding carboxylic acids is 2. The zero-order chi connectivity index (χ0) is 15.4. The topological polar surface area (TPSA) is 84.2 Å². The molecule has 0 radical (unpaired) electrons. The summed E-state index contributed by atoms with van der Waals surface area (Å²) < 4.78 is 0. The minimum atomic E-state index is -0.0835. The Morgan fingerprint density at radius 3 is 2.43 bits per heavy atom. The fourth-order valence-corrected chi connectivity index (χ4v) is 2.08. The number of carbonyl (C=O) groups is 2. The van der Waals surface area contributed by atoms with E-state index in [1.165, 1.54) is 0 Å². The van der Waals surface area contributed by atoms with Crippen molar-refractivity contribution < 1.29 is 9.59 Å². The Morgan fingerprint density at radius 1 is 1.24 bits per heavy atom. The van der Waals surface area contributed by atoms with Crippen LogP contribution in [0.15, 0.2) is 24.3 Å². The Balaban J connectivity index is 1.90. The number of anilines is 2. The van der Waals surface area contributed by atoms with Crippen LogP contribution in [-0.4, -0.2) is 17.9 Å². The summed E-state index contributed by atoms with van der Waals surface area (Å²) in [5.74, 6) is 0.295. The molecule has 21 heavy (non-hydrogen) atoms. The smallest absolute Gasteiger partial charge is 0.226 e. The first kappa shape index (κ1) is 15.5. The molecule has 1 saturated carbocycles. The molecule has 0 heterocycles. The summed E-state index contributed by atoms with van der Waals surface area (Å²) in [4.78, 5) is 23.6. The minimum Gasteiger partial charge on any atom is -0.327 e. The molecule has 0 aromatic heterocycles. The van der Waals surface area contributed by atoms with Crippen molar-refractivity contribution in [2.45, 2.75) is 39.2 Å². The van der Waals surface area contributed by atoms with E-state index in [4.69, 9.17) is 5.73 Å². The fourth-order valence-electron chi connectivity index (χ4n) is 2.08. The third kappa shape index (κ3) is 4.86. The summed E-state index contributed by atoms with van der Waals surface area (Å²) in [6.45, 7) is 3.67. The van der Waals surface area contributed by atoms with Crippen LogP contribution in [0.4, 0.5) is 11.4 Å². The van der Waals surface area contributed by atoms with Crippen LogP contribution >= 0.6 is 0 Å². The maximum absolute atomic E-state index is 11.9. The number of nitrogens with two attached hydrogens (primary N) is 1. The van der Waals surface area contributed by atoms with Gasteiger partial charge in [0.1, 0.15) is 0 Å². The number of nitrogens with one attached hydrogen (secondary N) is 2. The van der Waals surface area contributed by atoms with Gasteiger partial charge in [0.15, 0.2) is 0 Å². The molecular formula is C16H23N3O2. The summed E-state index contributed by atoms with van der Waals surface area (Å²) in [5.41, 5.74) is 7.29. The molecule has 0 saturated heterocycles. The van der Waals surface area contributed by atoms with Crippen LogP contribution in [0.5, 0.6) is 0 Å². The van der Waals surface area contributed by atoms with Gasteiger partial charge in [0.05, 0.1) is 0 Å². The lowest BCUT2D eigenvalue weighted by atomic mass is 10.1. The van der Waals surface area contributed by atoms with E-state index in [1.807, 2.05) is 13.8 Å². The molecule has 1 unspecified atom stereocenters. The maximum Gasteiger partial charge on any atom is 0.226 e. The van der Waals surface area contributed by atoms with Gasteiger partial charge in [0.2, 0.25) is 11.8 Å². The van der Waals surface area contributed by atoms with Crippen LogP contribution < -0.4 is 16.4 Å². The summed E-state index contributed by atoms with van der Waals surface area (Å²) >= 11 is 0. The van der Waals surface area contributed by atoms with Gasteiger partial charge in [-0.05, 0) is 37.0 Å². The highest BCUT2D eigenvalue weighted by molar-refractivity contribution is 5.94. The Hall–Kier alpha value is -1.88. The van der Waals surface area contributed by atoms with Gasteiger partial charge in [-0.25, -0.2) is 0 Å². The Labute approximate surface area is 125 Å². The Morgan fingerprint density at radius 2 is 1.86 bits per heavy atom. The second-order valence-corrected chi connectivity index (χ2v) is 5.98. The van der Waals surface area contributed by atoms with E-state index in [-0.39, 0.29) is 23.8 Å². The van der Waals surface area contributed by atoms with Crippen molar-refractivity contribution in [3.63, 3.8) is 0 Å². The first-order chi connectivity index (χ1) is 9.95. The number of hydrogen-bond acceptors (Lipinski definition) is 3. The Kier molecular flexibility index (Phi) is 4.96. The normalized spacial score (nSPS) is 15.6. The van der Waals surface area contributed by atoms with Gasteiger partial charge in [0.25, 0.3) is 0 Å². The standard InChI is InChI=1S/C16H23N3O2/c1-10(2)16(21)19-13-5-3-4-12(8-13)18-15(20)9-14(17)11-6-7-11/h3-5,8,10-11,14H,6-7,9,17H2,1-2H3,(H,18,20)(H,19,21). The maximum atomic E-state index is 11.9. The second-order valence-electron chi connectivity index (χ2n) is 5.98. The summed E-state index contributed by atoms with van der Waals surface area (Å²) in [7, 11) is 0. The molecule has 5 nitrogen and oxygen atoms in total. The molecule has 0 aliphatic heterocycles. The number of amides is 2. The van der Waals surface area contributed by atoms with E-state index >= 15 is 0 Å². The molecule has 0 bridgehead atoms. The van der Waals surface area contributed by atoms with Gasteiger partial charge in [-0.15, -0.1) is 0 Å². The van der Waals surface area contributed by atoms with E-state index < -0.39 is 0 Å². The van der Waals surface area contributed by atoms with Gasteiger partial charge in [0, 0.05) is 29.8 Å². The molecular weight excluding hydrogens is 266 g/mol. The first-order valence-electron chi connectivity index (χ1n) is 7.42. The summed E-state index contributed by atoms with van der Waals surface area (Å²) in [6.07, 6.45) is 2.60. The van der Waals surface area contributed by atoms with Crippen LogP contribution in [0.3, 0.4) is 0 Å². The van der Waals surface area contributed by atoms with Crippen LogP contribution in [0, 0.1) is 11.8 Å². The van der Waals surface area contributed by atoms with Crippen molar-refractivity contribution in [2.75, 3.05) is 10.6 Å². The number of hydrogen-bond donors (Lipinski definition) is 3. The summed E-state index contributed by atoms with van der Waals surface area (Å²) in [6, 6.07) is 7.10.